The van der Waals surface area contributed by atoms with E-state index in [2.05, 4.69) is 0 Å². The summed E-state index contributed by atoms with van der Waals surface area (Å²) >= 11 is 1.68. The molecule has 0 nitrogen and oxygen atoms in total. The Morgan fingerprint density at radius 1 is 1.50 bits per heavy atom. The molecule has 0 amide bonds. The van der Waals surface area contributed by atoms with Crippen molar-refractivity contribution in [2.24, 2.45) is 0 Å². The third-order valence-corrected chi connectivity index (χ3v) is 0.891. The highest BCUT2D eigenvalue weighted by Gasteiger charge is 2.07. The highest BCUT2D eigenvalue weighted by atomic mass is 127. The summed E-state index contributed by atoms with van der Waals surface area (Å²) in [4.78, 5) is 0. The summed E-state index contributed by atoms with van der Waals surface area (Å²) in [5.41, 5.74) is 0. The molecule has 1 unspecified atom stereocenters. The SMILES string of the molecule is CC(I)C(F)F. The first-order valence-corrected chi connectivity index (χ1v) is 2.81. The zero-order valence-electron chi connectivity index (χ0n) is 3.29. The van der Waals surface area contributed by atoms with E-state index in [9.17, 15) is 8.78 Å². The van der Waals surface area contributed by atoms with Crippen LogP contribution in [0.1, 0.15) is 6.92 Å². The molecule has 0 N–H and O–H groups in total. The van der Waals surface area contributed by atoms with Gasteiger partial charge < -0.3 is 0 Å². The molecule has 3 heteroatoms. The molecule has 0 heterocycles. The molecule has 0 rings (SSSR count). The van der Waals surface area contributed by atoms with Crippen molar-refractivity contribution in [1.82, 2.24) is 0 Å². The molecule has 0 fully saturated rings. The molecular weight excluding hydrogens is 201 g/mol. The lowest BCUT2D eigenvalue weighted by molar-refractivity contribution is 0.155. The smallest absolute Gasteiger partial charge is 0.209 e. The van der Waals surface area contributed by atoms with E-state index in [1.807, 2.05) is 0 Å². The van der Waals surface area contributed by atoms with Crippen LogP contribution in [0.25, 0.3) is 0 Å². The molecule has 1 atom stereocenters. The predicted molar refractivity (Wildman–Crippen MR) is 29.5 cm³/mol. The molecule has 38 valence electrons. The van der Waals surface area contributed by atoms with Crippen LogP contribution in [0.4, 0.5) is 8.78 Å². The number of halogens is 3. The first kappa shape index (κ1) is 6.59. The molecule has 0 aromatic heterocycles. The molecule has 6 heavy (non-hydrogen) atoms. The van der Waals surface area contributed by atoms with E-state index >= 15 is 0 Å². The molecule has 0 spiro atoms. The molecule has 0 aliphatic carbocycles. The van der Waals surface area contributed by atoms with Crippen LogP contribution in [0, 0.1) is 0 Å². The summed E-state index contributed by atoms with van der Waals surface area (Å²) in [5.74, 6) is 0. The third-order valence-electron chi connectivity index (χ3n) is 0.347. The van der Waals surface area contributed by atoms with Gasteiger partial charge in [-0.25, -0.2) is 8.78 Å². The van der Waals surface area contributed by atoms with Crippen molar-refractivity contribution in [3.63, 3.8) is 0 Å². The Morgan fingerprint density at radius 3 is 1.67 bits per heavy atom. The van der Waals surface area contributed by atoms with Crippen molar-refractivity contribution >= 4 is 22.6 Å². The highest BCUT2D eigenvalue weighted by molar-refractivity contribution is 14.1. The Labute approximate surface area is 49.1 Å². The van der Waals surface area contributed by atoms with E-state index in [4.69, 9.17) is 0 Å². The van der Waals surface area contributed by atoms with Crippen LogP contribution < -0.4 is 0 Å². The quantitative estimate of drug-likeness (QED) is 0.455. The molecule has 0 aliphatic rings. The van der Waals surface area contributed by atoms with Crippen LogP contribution >= 0.6 is 22.6 Å². The van der Waals surface area contributed by atoms with E-state index < -0.39 is 10.4 Å². The van der Waals surface area contributed by atoms with Gasteiger partial charge in [-0.05, 0) is 6.92 Å². The van der Waals surface area contributed by atoms with Crippen molar-refractivity contribution in [2.45, 2.75) is 17.3 Å². The number of rotatable bonds is 1. The summed E-state index contributed by atoms with van der Waals surface area (Å²) in [6, 6.07) is 0. The van der Waals surface area contributed by atoms with Gasteiger partial charge in [-0.3, -0.25) is 0 Å². The molecule has 0 aliphatic heterocycles. The minimum atomic E-state index is -2.16. The lowest BCUT2D eigenvalue weighted by atomic mass is 10.5. The van der Waals surface area contributed by atoms with Crippen LogP contribution in [0.5, 0.6) is 0 Å². The van der Waals surface area contributed by atoms with Crippen molar-refractivity contribution in [2.75, 3.05) is 0 Å². The summed E-state index contributed by atoms with van der Waals surface area (Å²) in [6.07, 6.45) is -2.16. The van der Waals surface area contributed by atoms with Crippen LogP contribution in [0.2, 0.25) is 0 Å². The van der Waals surface area contributed by atoms with Crippen LogP contribution in [-0.2, 0) is 0 Å². The van der Waals surface area contributed by atoms with Crippen LogP contribution in [0.15, 0.2) is 0 Å². The summed E-state index contributed by atoms with van der Waals surface area (Å²) in [6.45, 7) is 1.48. The van der Waals surface area contributed by atoms with E-state index in [1.54, 1.807) is 22.6 Å². The van der Waals surface area contributed by atoms with Crippen LogP contribution in [0.3, 0.4) is 0 Å². The highest BCUT2D eigenvalue weighted by Crippen LogP contribution is 2.08. The molecule has 0 aromatic carbocycles. The van der Waals surface area contributed by atoms with Gasteiger partial charge in [0, 0.05) is 0 Å². The molecule has 0 saturated heterocycles. The van der Waals surface area contributed by atoms with Crippen molar-refractivity contribution in [3.05, 3.63) is 0 Å². The normalized spacial score (nSPS) is 15.5. The average Bonchev–Trinajstić information content (AvgIpc) is 1.36. The Morgan fingerprint density at radius 2 is 1.67 bits per heavy atom. The van der Waals surface area contributed by atoms with E-state index in [0.29, 0.717) is 0 Å². The maximum Gasteiger partial charge on any atom is 0.249 e. The minimum Gasteiger partial charge on any atom is -0.209 e. The fraction of sp³-hybridized carbons (Fsp3) is 1.00. The topological polar surface area (TPSA) is 0 Å². The molecular formula is C3H5F2I. The Hall–Kier alpha value is 0.590. The van der Waals surface area contributed by atoms with E-state index in [1.165, 1.54) is 6.92 Å². The molecule has 0 aromatic rings. The third kappa shape index (κ3) is 2.81. The maximum atomic E-state index is 11.1. The van der Waals surface area contributed by atoms with Crippen molar-refractivity contribution in [3.8, 4) is 0 Å². The number of hydrogen-bond acceptors (Lipinski definition) is 0. The van der Waals surface area contributed by atoms with Gasteiger partial charge in [0.15, 0.2) is 0 Å². The lowest BCUT2D eigenvalue weighted by Gasteiger charge is -1.95. The second-order valence-corrected chi connectivity index (χ2v) is 2.98. The van der Waals surface area contributed by atoms with E-state index in [0.717, 1.165) is 0 Å². The predicted octanol–water partition coefficient (Wildman–Crippen LogP) is 2.08. The van der Waals surface area contributed by atoms with Gasteiger partial charge >= 0.3 is 0 Å². The molecule has 0 saturated carbocycles. The second kappa shape index (κ2) is 2.71. The van der Waals surface area contributed by atoms with Gasteiger partial charge in [0.1, 0.15) is 0 Å². The zero-order valence-corrected chi connectivity index (χ0v) is 5.45. The number of alkyl halides is 3. The number of hydrogen-bond donors (Lipinski definition) is 0. The van der Waals surface area contributed by atoms with E-state index in [-0.39, 0.29) is 0 Å². The monoisotopic (exact) mass is 206 g/mol. The fourth-order valence-corrected chi connectivity index (χ4v) is 0. The Balaban J connectivity index is 2.99. The van der Waals surface area contributed by atoms with Crippen LogP contribution in [-0.4, -0.2) is 10.4 Å². The lowest BCUT2D eigenvalue weighted by Crippen LogP contribution is -2.02. The first-order valence-electron chi connectivity index (χ1n) is 1.57. The first-order chi connectivity index (χ1) is 2.64. The van der Waals surface area contributed by atoms with Crippen molar-refractivity contribution < 1.29 is 8.78 Å². The van der Waals surface area contributed by atoms with Gasteiger partial charge in [-0.2, -0.15) is 0 Å². The van der Waals surface area contributed by atoms with Gasteiger partial charge in [-0.15, -0.1) is 0 Å². The summed E-state index contributed by atoms with van der Waals surface area (Å²) < 4.78 is 21.8. The molecule has 0 bridgehead atoms. The summed E-state index contributed by atoms with van der Waals surface area (Å²) in [5, 5.41) is 0. The fourth-order valence-electron chi connectivity index (χ4n) is 0. The Kier molecular flexibility index (Phi) is 2.98. The maximum absolute atomic E-state index is 11.1. The van der Waals surface area contributed by atoms with Gasteiger partial charge in [0.25, 0.3) is 0 Å². The van der Waals surface area contributed by atoms with Crippen molar-refractivity contribution in [1.29, 1.82) is 0 Å². The minimum absolute atomic E-state index is 0.511. The standard InChI is InChI=1S/C3H5F2I/c1-2(6)3(4)5/h2-3H,1H3. The largest absolute Gasteiger partial charge is 0.249 e. The van der Waals surface area contributed by atoms with Gasteiger partial charge in [-0.1, -0.05) is 22.6 Å². The van der Waals surface area contributed by atoms with Gasteiger partial charge in [0.2, 0.25) is 6.43 Å². The summed E-state index contributed by atoms with van der Waals surface area (Å²) in [7, 11) is 0. The second-order valence-electron chi connectivity index (χ2n) is 1.01. The Bertz CT molecular complexity index is 29.8. The zero-order chi connectivity index (χ0) is 5.15. The van der Waals surface area contributed by atoms with Gasteiger partial charge in [0.05, 0.1) is 3.92 Å². The molecule has 0 radical (unpaired) electrons. The average molecular weight is 206 g/mol.